The van der Waals surface area contributed by atoms with Gasteiger partial charge in [-0.15, -0.1) is 6.58 Å². The van der Waals surface area contributed by atoms with Gasteiger partial charge in [-0.3, -0.25) is 9.80 Å². The van der Waals surface area contributed by atoms with E-state index in [1.165, 1.54) is 5.01 Å². The minimum absolute atomic E-state index is 0.115. The maximum Gasteiger partial charge on any atom is 0.328 e. The topological polar surface area (TPSA) is 73.2 Å². The second kappa shape index (κ2) is 6.24. The number of aliphatic carboxylic acids is 1. The minimum atomic E-state index is -0.984. The van der Waals surface area contributed by atoms with Crippen molar-refractivity contribution in [3.8, 4) is 0 Å². The molecule has 1 amide bonds. The van der Waals surface area contributed by atoms with E-state index in [0.717, 1.165) is 12.8 Å². The van der Waals surface area contributed by atoms with Crippen LogP contribution in [-0.4, -0.2) is 46.2 Å². The highest BCUT2D eigenvalue weighted by Crippen LogP contribution is 2.30. The number of amides is 1. The van der Waals surface area contributed by atoms with Crippen LogP contribution in [0.5, 0.6) is 0 Å². The largest absolute Gasteiger partial charge is 0.480 e. The first-order chi connectivity index (χ1) is 11.1. The van der Waals surface area contributed by atoms with Gasteiger partial charge in [0.15, 0.2) is 6.04 Å². The lowest BCUT2D eigenvalue weighted by molar-refractivity contribution is -0.138. The lowest BCUT2D eigenvalue weighted by Gasteiger charge is -2.20. The molecule has 120 valence electrons. The number of carbonyl (C=O) groups is 2. The zero-order chi connectivity index (χ0) is 16.4. The van der Waals surface area contributed by atoms with Crippen molar-refractivity contribution in [2.24, 2.45) is 5.10 Å². The van der Waals surface area contributed by atoms with E-state index < -0.39 is 12.0 Å². The summed E-state index contributed by atoms with van der Waals surface area (Å²) in [4.78, 5) is 26.0. The predicted molar refractivity (Wildman–Crippen MR) is 87.3 cm³/mol. The SMILES string of the molecule is C=CCN(C(=O)C1=NN(c2ccccc2)C(C(=O)O)C1)C1CC1. The van der Waals surface area contributed by atoms with Gasteiger partial charge in [-0.1, -0.05) is 24.3 Å². The van der Waals surface area contributed by atoms with Crippen molar-refractivity contribution >= 4 is 23.3 Å². The van der Waals surface area contributed by atoms with Gasteiger partial charge >= 0.3 is 5.97 Å². The summed E-state index contributed by atoms with van der Waals surface area (Å²) in [6.07, 6.45) is 3.77. The van der Waals surface area contributed by atoms with Crippen molar-refractivity contribution in [3.63, 3.8) is 0 Å². The Bertz CT molecular complexity index is 652. The number of hydrogen-bond donors (Lipinski definition) is 1. The van der Waals surface area contributed by atoms with Crippen molar-refractivity contribution in [1.29, 1.82) is 0 Å². The fraction of sp³-hybridized carbons (Fsp3) is 0.353. The first-order valence-electron chi connectivity index (χ1n) is 7.68. The molecule has 3 rings (SSSR count). The Hall–Kier alpha value is -2.63. The molecule has 1 aliphatic heterocycles. The van der Waals surface area contributed by atoms with Gasteiger partial charge in [-0.25, -0.2) is 4.79 Å². The van der Waals surface area contributed by atoms with Gasteiger partial charge in [0.1, 0.15) is 5.71 Å². The summed E-state index contributed by atoms with van der Waals surface area (Å²) in [5.41, 5.74) is 0.972. The van der Waals surface area contributed by atoms with E-state index in [-0.39, 0.29) is 18.4 Å². The molecule has 0 spiro atoms. The first kappa shape index (κ1) is 15.3. The summed E-state index contributed by atoms with van der Waals surface area (Å²) >= 11 is 0. The molecule has 1 saturated carbocycles. The average molecular weight is 313 g/mol. The van der Waals surface area contributed by atoms with E-state index in [0.29, 0.717) is 17.9 Å². The van der Waals surface area contributed by atoms with Gasteiger partial charge in [-0.2, -0.15) is 5.10 Å². The summed E-state index contributed by atoms with van der Waals surface area (Å²) < 4.78 is 0. The number of hydrogen-bond acceptors (Lipinski definition) is 4. The number of carboxylic acids is 1. The molecule has 23 heavy (non-hydrogen) atoms. The van der Waals surface area contributed by atoms with Crippen LogP contribution in [-0.2, 0) is 9.59 Å². The summed E-state index contributed by atoms with van der Waals surface area (Å²) in [5.74, 6) is -1.17. The third kappa shape index (κ3) is 3.11. The Labute approximate surface area is 134 Å². The molecule has 1 heterocycles. The smallest absolute Gasteiger partial charge is 0.328 e. The van der Waals surface area contributed by atoms with Gasteiger partial charge in [0.25, 0.3) is 5.91 Å². The number of benzene rings is 1. The molecule has 1 fully saturated rings. The highest BCUT2D eigenvalue weighted by atomic mass is 16.4. The van der Waals surface area contributed by atoms with E-state index >= 15 is 0 Å². The summed E-state index contributed by atoms with van der Waals surface area (Å²) in [5, 5.41) is 15.2. The van der Waals surface area contributed by atoms with Gasteiger partial charge in [0.05, 0.1) is 5.69 Å². The Morgan fingerprint density at radius 3 is 2.61 bits per heavy atom. The fourth-order valence-corrected chi connectivity index (χ4v) is 2.74. The molecule has 1 atom stereocenters. The van der Waals surface area contributed by atoms with Crippen LogP contribution in [0.4, 0.5) is 5.69 Å². The second-order valence-corrected chi connectivity index (χ2v) is 5.76. The molecule has 1 aromatic carbocycles. The standard InChI is InChI=1S/C17H19N3O3/c1-2-10-19(12-8-9-12)16(21)14-11-15(17(22)23)20(18-14)13-6-4-3-5-7-13/h2-7,12,15H,1,8-11H2,(H,22,23). The normalized spacial score (nSPS) is 20.1. The summed E-state index contributed by atoms with van der Waals surface area (Å²) in [7, 11) is 0. The van der Waals surface area contributed by atoms with Gasteiger partial charge in [-0.05, 0) is 25.0 Å². The Balaban J connectivity index is 1.86. The maximum atomic E-state index is 12.7. The molecule has 0 saturated heterocycles. The lowest BCUT2D eigenvalue weighted by Crippen LogP contribution is -2.39. The molecule has 0 radical (unpaired) electrons. The van der Waals surface area contributed by atoms with E-state index in [4.69, 9.17) is 0 Å². The number of rotatable bonds is 6. The number of anilines is 1. The zero-order valence-corrected chi connectivity index (χ0v) is 12.8. The molecule has 1 aromatic rings. The number of carboxylic acid groups (broad SMARTS) is 1. The molecule has 0 aromatic heterocycles. The van der Waals surface area contributed by atoms with Crippen molar-refractivity contribution in [1.82, 2.24) is 4.90 Å². The molecular weight excluding hydrogens is 294 g/mol. The van der Waals surface area contributed by atoms with Crippen LogP contribution < -0.4 is 5.01 Å². The average Bonchev–Trinajstić information content (AvgIpc) is 3.29. The Kier molecular flexibility index (Phi) is 4.14. The van der Waals surface area contributed by atoms with E-state index in [1.54, 1.807) is 23.1 Å². The van der Waals surface area contributed by atoms with Gasteiger partial charge < -0.3 is 10.0 Å². The van der Waals surface area contributed by atoms with E-state index in [2.05, 4.69) is 11.7 Å². The molecule has 6 nitrogen and oxygen atoms in total. The van der Waals surface area contributed by atoms with Gasteiger partial charge in [0, 0.05) is 19.0 Å². The molecule has 6 heteroatoms. The van der Waals surface area contributed by atoms with Crippen LogP contribution in [0.1, 0.15) is 19.3 Å². The maximum absolute atomic E-state index is 12.7. The number of nitrogens with zero attached hydrogens (tertiary/aromatic N) is 3. The van der Waals surface area contributed by atoms with Crippen LogP contribution in [0, 0.1) is 0 Å². The van der Waals surface area contributed by atoms with E-state index in [1.807, 2.05) is 18.2 Å². The summed E-state index contributed by atoms with van der Waals surface area (Å²) in [6.45, 7) is 4.15. The van der Waals surface area contributed by atoms with Crippen molar-refractivity contribution in [2.75, 3.05) is 11.6 Å². The van der Waals surface area contributed by atoms with Crippen molar-refractivity contribution in [3.05, 3.63) is 43.0 Å². The Morgan fingerprint density at radius 2 is 2.04 bits per heavy atom. The zero-order valence-electron chi connectivity index (χ0n) is 12.8. The predicted octanol–water partition coefficient (Wildman–Crippen LogP) is 1.88. The molecular formula is C17H19N3O3. The molecule has 1 aliphatic carbocycles. The van der Waals surface area contributed by atoms with Crippen LogP contribution in [0.2, 0.25) is 0 Å². The quantitative estimate of drug-likeness (QED) is 0.814. The fourth-order valence-electron chi connectivity index (χ4n) is 2.74. The van der Waals surface area contributed by atoms with E-state index in [9.17, 15) is 14.7 Å². The van der Waals surface area contributed by atoms with Crippen LogP contribution >= 0.6 is 0 Å². The molecule has 1 N–H and O–H groups in total. The summed E-state index contributed by atoms with van der Waals surface area (Å²) in [6, 6.07) is 8.45. The third-order valence-electron chi connectivity index (χ3n) is 4.04. The molecule has 2 aliphatic rings. The number of carbonyl (C=O) groups excluding carboxylic acids is 1. The Morgan fingerprint density at radius 1 is 1.35 bits per heavy atom. The number of para-hydroxylation sites is 1. The van der Waals surface area contributed by atoms with Crippen molar-refractivity contribution in [2.45, 2.75) is 31.3 Å². The molecule has 0 bridgehead atoms. The van der Waals surface area contributed by atoms with Crippen LogP contribution in [0.15, 0.2) is 48.1 Å². The lowest BCUT2D eigenvalue weighted by atomic mass is 10.1. The highest BCUT2D eigenvalue weighted by molar-refractivity contribution is 6.40. The highest BCUT2D eigenvalue weighted by Gasteiger charge is 2.40. The molecule has 1 unspecified atom stereocenters. The third-order valence-corrected chi connectivity index (χ3v) is 4.04. The van der Waals surface area contributed by atoms with Crippen LogP contribution in [0.25, 0.3) is 0 Å². The minimum Gasteiger partial charge on any atom is -0.480 e. The van der Waals surface area contributed by atoms with Crippen LogP contribution in [0.3, 0.4) is 0 Å². The monoisotopic (exact) mass is 313 g/mol. The second-order valence-electron chi connectivity index (χ2n) is 5.76. The van der Waals surface area contributed by atoms with Gasteiger partial charge in [0.2, 0.25) is 0 Å². The van der Waals surface area contributed by atoms with Crippen molar-refractivity contribution < 1.29 is 14.7 Å². The first-order valence-corrected chi connectivity index (χ1v) is 7.68. The number of hydrazone groups is 1.